The number of carboxylic acid groups (broad SMARTS) is 1. The van der Waals surface area contributed by atoms with Gasteiger partial charge in [0.25, 0.3) is 0 Å². The molecule has 0 aliphatic carbocycles. The van der Waals surface area contributed by atoms with Crippen LogP contribution >= 0.6 is 15.9 Å². The Morgan fingerprint density at radius 3 is 2.59 bits per heavy atom. The Labute approximate surface area is 139 Å². The summed E-state index contributed by atoms with van der Waals surface area (Å²) in [5.74, 6) is -1.31. The molecule has 0 aliphatic rings. The van der Waals surface area contributed by atoms with Crippen molar-refractivity contribution in [3.63, 3.8) is 0 Å². The third-order valence-corrected chi connectivity index (χ3v) is 7.96. The topological polar surface area (TPSA) is 87.7 Å². The number of halogens is 1. The Kier molecular flexibility index (Phi) is 3.56. The van der Waals surface area contributed by atoms with Gasteiger partial charge in [-0.1, -0.05) is 0 Å². The van der Waals surface area contributed by atoms with Gasteiger partial charge in [0, 0.05) is 0 Å². The van der Waals surface area contributed by atoms with Crippen LogP contribution in [0, 0.1) is 0 Å². The van der Waals surface area contributed by atoms with Gasteiger partial charge in [-0.05, 0) is 0 Å². The second-order valence-electron chi connectivity index (χ2n) is 5.41. The van der Waals surface area contributed by atoms with E-state index in [2.05, 4.69) is 15.9 Å². The van der Waals surface area contributed by atoms with E-state index < -0.39 is 17.2 Å². The molecule has 0 bridgehead atoms. The minimum absolute atomic E-state index is 0.193. The van der Waals surface area contributed by atoms with E-state index in [9.17, 15) is 14.7 Å². The zero-order chi connectivity index (χ0) is 16.2. The summed E-state index contributed by atoms with van der Waals surface area (Å²) in [4.78, 5) is 22.8. The van der Waals surface area contributed by atoms with Crippen LogP contribution in [0.15, 0.2) is 31.9 Å². The van der Waals surface area contributed by atoms with E-state index in [0.29, 0.717) is 11.0 Å². The van der Waals surface area contributed by atoms with Gasteiger partial charge in [-0.2, -0.15) is 0 Å². The summed E-state index contributed by atoms with van der Waals surface area (Å²) >= 11 is 3.32. The maximum absolute atomic E-state index is 11.7. The van der Waals surface area contributed by atoms with Crippen LogP contribution in [0.2, 0.25) is 0 Å². The molecule has 0 fully saturated rings. The monoisotopic (exact) mass is 430 g/mol. The van der Waals surface area contributed by atoms with Crippen molar-refractivity contribution in [3.8, 4) is 0 Å². The number of aliphatic hydroxyl groups is 1. The van der Waals surface area contributed by atoms with Crippen molar-refractivity contribution in [2.75, 3.05) is 0 Å². The number of aromatic carboxylic acids is 1. The van der Waals surface area contributed by atoms with Gasteiger partial charge >= 0.3 is 139 Å². The molecule has 0 spiro atoms. The first-order valence-corrected chi connectivity index (χ1v) is 8.86. The molecule has 7 heteroatoms. The van der Waals surface area contributed by atoms with E-state index in [0.717, 1.165) is 18.6 Å². The number of hydrogen-bond donors (Lipinski definition) is 2. The van der Waals surface area contributed by atoms with E-state index in [-0.39, 0.29) is 20.1 Å². The number of hydrogen-bond acceptors (Lipinski definition) is 4. The van der Waals surface area contributed by atoms with Crippen LogP contribution in [0.5, 0.6) is 0 Å². The molecule has 0 aliphatic heterocycles. The summed E-state index contributed by atoms with van der Waals surface area (Å²) in [6.07, 6.45) is 0. The number of carboxylic acids is 1. The number of fused-ring (bicyclic) bond motifs is 3. The Morgan fingerprint density at radius 2 is 2.00 bits per heavy atom. The summed E-state index contributed by atoms with van der Waals surface area (Å²) in [5, 5.41) is 20.9. The first-order valence-electron chi connectivity index (χ1n) is 6.35. The van der Waals surface area contributed by atoms with Crippen LogP contribution in [0.25, 0.3) is 20.6 Å². The van der Waals surface area contributed by atoms with Crippen molar-refractivity contribution in [1.82, 2.24) is 0 Å². The van der Waals surface area contributed by atoms with Crippen LogP contribution in [-0.2, 0) is 5.60 Å². The van der Waals surface area contributed by atoms with Gasteiger partial charge in [-0.3, -0.25) is 0 Å². The van der Waals surface area contributed by atoms with E-state index in [1.165, 1.54) is 6.07 Å². The van der Waals surface area contributed by atoms with E-state index in [1.807, 2.05) is 6.07 Å². The second-order valence-corrected chi connectivity index (χ2v) is 8.35. The minimum atomic E-state index is -1.31. The Bertz CT molecular complexity index is 977. The molecule has 3 rings (SSSR count). The average molecular weight is 430 g/mol. The zero-order valence-corrected chi connectivity index (χ0v) is 14.9. The Morgan fingerprint density at radius 1 is 1.32 bits per heavy atom. The third-order valence-electron chi connectivity index (χ3n) is 3.29. The quantitative estimate of drug-likeness (QED) is 0.483. The fourth-order valence-electron chi connectivity index (χ4n) is 2.26. The molecule has 0 unspecified atom stereocenters. The molecule has 0 atom stereocenters. The second kappa shape index (κ2) is 5.06. The molecule has 3 aromatic rings. The molecule has 0 saturated heterocycles. The molecule has 0 amide bonds. The van der Waals surface area contributed by atoms with Crippen LogP contribution in [0.1, 0.15) is 28.6 Å². The van der Waals surface area contributed by atoms with Crippen molar-refractivity contribution in [1.29, 1.82) is 0 Å². The van der Waals surface area contributed by atoms with Gasteiger partial charge in [0.1, 0.15) is 0 Å². The van der Waals surface area contributed by atoms with Gasteiger partial charge < -0.3 is 0 Å². The summed E-state index contributed by atoms with van der Waals surface area (Å²) in [7, 11) is 0. The van der Waals surface area contributed by atoms with Crippen LogP contribution in [-0.4, -0.2) is 30.7 Å². The fourth-order valence-corrected chi connectivity index (χ4v) is 6.32. The predicted molar refractivity (Wildman–Crippen MR) is 86.8 cm³/mol. The summed E-state index contributed by atoms with van der Waals surface area (Å²) in [6.45, 7) is 3.42. The first-order chi connectivity index (χ1) is 10.2. The van der Waals surface area contributed by atoms with Crippen molar-refractivity contribution < 1.29 is 19.4 Å². The molecular weight excluding hydrogens is 419 g/mol. The number of carbonyl (C=O) groups is 1. The number of benzene rings is 1. The van der Waals surface area contributed by atoms with Gasteiger partial charge in [-0.25, -0.2) is 0 Å². The molecule has 2 N–H and O–H groups in total. The zero-order valence-electron chi connectivity index (χ0n) is 11.6. The van der Waals surface area contributed by atoms with E-state index >= 15 is 0 Å². The molecule has 2 aromatic heterocycles. The average Bonchev–Trinajstić information content (AvgIpc) is 2.75. The molecule has 22 heavy (non-hydrogen) atoms. The summed E-state index contributed by atoms with van der Waals surface area (Å²) in [5.41, 5.74) is -1.87. The number of rotatable bonds is 2. The standard InChI is InChI=1S/C15H11BrO5Se/c1-15(2,20)12-10(16)6-3-4-9-7(11(6)22-12)5-8(13(17)18)14(19)21-9/h3-5,20H,1-2H3,(H,17,18). The Balaban J connectivity index is 2.47. The normalized spacial score (nSPS) is 12.2. The predicted octanol–water partition coefficient (Wildman–Crippen LogP) is 2.69. The summed E-state index contributed by atoms with van der Waals surface area (Å²) in [6, 6.07) is 4.81. The van der Waals surface area contributed by atoms with Crippen molar-refractivity contribution >= 4 is 57.0 Å². The molecule has 114 valence electrons. The van der Waals surface area contributed by atoms with Crippen LogP contribution in [0.4, 0.5) is 0 Å². The van der Waals surface area contributed by atoms with Gasteiger partial charge in [-0.15, -0.1) is 0 Å². The fraction of sp³-hybridized carbons (Fsp3) is 0.200. The third kappa shape index (κ3) is 2.34. The van der Waals surface area contributed by atoms with Gasteiger partial charge in [0.05, 0.1) is 0 Å². The van der Waals surface area contributed by atoms with Gasteiger partial charge in [0.2, 0.25) is 0 Å². The molecule has 0 saturated carbocycles. The molecule has 0 radical (unpaired) electrons. The molecular formula is C15H11BrO5Se. The van der Waals surface area contributed by atoms with Crippen molar-refractivity contribution in [2.45, 2.75) is 19.4 Å². The van der Waals surface area contributed by atoms with E-state index in [4.69, 9.17) is 9.52 Å². The van der Waals surface area contributed by atoms with E-state index in [1.54, 1.807) is 19.9 Å². The van der Waals surface area contributed by atoms with Crippen molar-refractivity contribution in [3.05, 3.63) is 43.1 Å². The molecule has 1 aromatic carbocycles. The van der Waals surface area contributed by atoms with Gasteiger partial charge in [0.15, 0.2) is 0 Å². The van der Waals surface area contributed by atoms with Crippen LogP contribution in [0.3, 0.4) is 0 Å². The van der Waals surface area contributed by atoms with Crippen LogP contribution < -0.4 is 5.63 Å². The van der Waals surface area contributed by atoms with Crippen molar-refractivity contribution in [2.24, 2.45) is 0 Å². The molecule has 5 nitrogen and oxygen atoms in total. The summed E-state index contributed by atoms with van der Waals surface area (Å²) < 4.78 is 7.70. The molecule has 2 heterocycles. The SMILES string of the molecule is CC(C)(O)c1[se]c2c(ccc3oc(=O)c(C(=O)O)cc32)c1Br. The Hall–Kier alpha value is -1.40. The first kappa shape index (κ1) is 15.5. The maximum atomic E-state index is 11.7.